The Balaban J connectivity index is 2.47. The number of hydrogen-bond acceptors (Lipinski definition) is 2. The number of alkyl halides is 3. The highest BCUT2D eigenvalue weighted by molar-refractivity contribution is 5.88. The van der Waals surface area contributed by atoms with Crippen molar-refractivity contribution >= 4 is 5.97 Å². The summed E-state index contributed by atoms with van der Waals surface area (Å²) in [5.74, 6) is -5.32. The van der Waals surface area contributed by atoms with Crippen molar-refractivity contribution in [2.75, 3.05) is 0 Å². The van der Waals surface area contributed by atoms with Gasteiger partial charge in [-0.15, -0.1) is 13.2 Å². The van der Waals surface area contributed by atoms with Gasteiger partial charge in [-0.1, -0.05) is 18.2 Å². The Hall–Kier alpha value is -2.64. The zero-order valence-corrected chi connectivity index (χ0v) is 10.6. The molecule has 0 fully saturated rings. The van der Waals surface area contributed by atoms with E-state index in [1.54, 1.807) is 0 Å². The molecule has 0 atom stereocenters. The van der Waals surface area contributed by atoms with Crippen LogP contribution in [0.25, 0.3) is 11.1 Å². The molecule has 0 unspecified atom stereocenters. The zero-order chi connectivity index (χ0) is 16.5. The van der Waals surface area contributed by atoms with Gasteiger partial charge in [0.15, 0.2) is 11.6 Å². The zero-order valence-electron chi connectivity index (χ0n) is 10.6. The lowest BCUT2D eigenvalue weighted by Crippen LogP contribution is -2.17. The number of halogens is 5. The van der Waals surface area contributed by atoms with E-state index in [0.717, 1.165) is 24.3 Å². The van der Waals surface area contributed by atoms with Gasteiger partial charge in [-0.05, 0) is 23.8 Å². The Morgan fingerprint density at radius 2 is 1.73 bits per heavy atom. The summed E-state index contributed by atoms with van der Waals surface area (Å²) in [6.07, 6.45) is -4.92. The van der Waals surface area contributed by atoms with E-state index < -0.39 is 35.3 Å². The number of hydrogen-bond donors (Lipinski definition) is 1. The van der Waals surface area contributed by atoms with Crippen molar-refractivity contribution < 1.29 is 36.6 Å². The van der Waals surface area contributed by atoms with E-state index in [9.17, 15) is 26.7 Å². The molecule has 0 amide bonds. The maximum atomic E-state index is 13.9. The monoisotopic (exact) mass is 318 g/mol. The summed E-state index contributed by atoms with van der Waals surface area (Å²) < 4.78 is 67.6. The van der Waals surface area contributed by atoms with Crippen molar-refractivity contribution in [1.82, 2.24) is 0 Å². The van der Waals surface area contributed by atoms with Crippen LogP contribution in [0.2, 0.25) is 0 Å². The van der Waals surface area contributed by atoms with Crippen molar-refractivity contribution in [3.05, 3.63) is 53.6 Å². The first-order valence-electron chi connectivity index (χ1n) is 5.76. The number of ether oxygens (including phenoxy) is 1. The maximum absolute atomic E-state index is 13.9. The molecule has 0 heterocycles. The molecule has 116 valence electrons. The van der Waals surface area contributed by atoms with Crippen molar-refractivity contribution in [2.45, 2.75) is 6.36 Å². The Morgan fingerprint density at radius 3 is 2.32 bits per heavy atom. The van der Waals surface area contributed by atoms with Gasteiger partial charge in [0, 0.05) is 5.56 Å². The number of carboxylic acids is 1. The second-order valence-corrected chi connectivity index (χ2v) is 4.17. The lowest BCUT2D eigenvalue weighted by molar-refractivity contribution is -0.274. The molecule has 0 saturated carbocycles. The van der Waals surface area contributed by atoms with E-state index in [-0.39, 0.29) is 11.1 Å². The third-order valence-corrected chi connectivity index (χ3v) is 2.69. The summed E-state index contributed by atoms with van der Waals surface area (Å²) in [7, 11) is 0. The second kappa shape index (κ2) is 5.63. The predicted octanol–water partition coefficient (Wildman–Crippen LogP) is 4.23. The van der Waals surface area contributed by atoms with E-state index in [4.69, 9.17) is 5.11 Å². The first kappa shape index (κ1) is 15.7. The Morgan fingerprint density at radius 1 is 1.05 bits per heavy atom. The lowest BCUT2D eigenvalue weighted by atomic mass is 10.0. The molecule has 0 aromatic heterocycles. The van der Waals surface area contributed by atoms with Crippen molar-refractivity contribution in [2.24, 2.45) is 0 Å². The van der Waals surface area contributed by atoms with Crippen LogP contribution in [0.5, 0.6) is 5.75 Å². The third kappa shape index (κ3) is 3.33. The number of carboxylic acid groups (broad SMARTS) is 1. The van der Waals surface area contributed by atoms with Gasteiger partial charge in [-0.2, -0.15) is 0 Å². The van der Waals surface area contributed by atoms with Gasteiger partial charge in [0.2, 0.25) is 0 Å². The van der Waals surface area contributed by atoms with Gasteiger partial charge >= 0.3 is 12.3 Å². The first-order chi connectivity index (χ1) is 10.2. The molecule has 8 heteroatoms. The number of rotatable bonds is 3. The molecular weight excluding hydrogens is 311 g/mol. The lowest BCUT2D eigenvalue weighted by Gasteiger charge is -2.11. The van der Waals surface area contributed by atoms with Gasteiger partial charge in [0.25, 0.3) is 0 Å². The summed E-state index contributed by atoms with van der Waals surface area (Å²) in [4.78, 5) is 10.7. The highest BCUT2D eigenvalue weighted by atomic mass is 19.4. The number of carbonyl (C=O) groups is 1. The van der Waals surface area contributed by atoms with Crippen molar-refractivity contribution in [1.29, 1.82) is 0 Å². The van der Waals surface area contributed by atoms with E-state index in [2.05, 4.69) is 4.74 Å². The normalized spacial score (nSPS) is 11.3. The van der Waals surface area contributed by atoms with Crippen molar-refractivity contribution in [3.63, 3.8) is 0 Å². The fourth-order valence-corrected chi connectivity index (χ4v) is 1.80. The predicted molar refractivity (Wildman–Crippen MR) is 65.4 cm³/mol. The maximum Gasteiger partial charge on any atom is 0.573 e. The van der Waals surface area contributed by atoms with Crippen LogP contribution in [0, 0.1) is 11.6 Å². The van der Waals surface area contributed by atoms with Crippen LogP contribution in [-0.2, 0) is 0 Å². The molecule has 0 radical (unpaired) electrons. The number of aromatic carboxylic acids is 1. The molecule has 0 saturated heterocycles. The second-order valence-electron chi connectivity index (χ2n) is 4.17. The van der Waals surface area contributed by atoms with Crippen LogP contribution in [-0.4, -0.2) is 17.4 Å². The third-order valence-electron chi connectivity index (χ3n) is 2.69. The Kier molecular flexibility index (Phi) is 4.03. The Labute approximate surface area is 120 Å². The summed E-state index contributed by atoms with van der Waals surface area (Å²) in [6.45, 7) is 0. The van der Waals surface area contributed by atoms with E-state index in [1.165, 1.54) is 12.1 Å². The smallest absolute Gasteiger partial charge is 0.478 e. The summed E-state index contributed by atoms with van der Waals surface area (Å²) >= 11 is 0. The van der Waals surface area contributed by atoms with Crippen LogP contribution < -0.4 is 4.74 Å². The topological polar surface area (TPSA) is 46.5 Å². The molecule has 0 bridgehead atoms. The molecule has 0 aliphatic rings. The minimum absolute atomic E-state index is 0.0879. The largest absolute Gasteiger partial charge is 0.573 e. The van der Waals surface area contributed by atoms with Crippen LogP contribution in [0.1, 0.15) is 10.4 Å². The van der Waals surface area contributed by atoms with Crippen LogP contribution in [0.15, 0.2) is 36.4 Å². The fourth-order valence-electron chi connectivity index (χ4n) is 1.80. The van der Waals surface area contributed by atoms with Gasteiger partial charge in [0.05, 0.1) is 5.56 Å². The molecule has 2 aromatic carbocycles. The molecule has 22 heavy (non-hydrogen) atoms. The Bertz CT molecular complexity index is 725. The van der Waals surface area contributed by atoms with E-state index in [0.29, 0.717) is 0 Å². The quantitative estimate of drug-likeness (QED) is 0.862. The minimum Gasteiger partial charge on any atom is -0.478 e. The summed E-state index contributed by atoms with van der Waals surface area (Å²) in [5, 5.41) is 8.67. The molecule has 1 N–H and O–H groups in total. The fraction of sp³-hybridized carbons (Fsp3) is 0.0714. The summed E-state index contributed by atoms with van der Waals surface area (Å²) in [5.41, 5.74) is -1.34. The van der Waals surface area contributed by atoms with Gasteiger partial charge in [-0.3, -0.25) is 0 Å². The summed E-state index contributed by atoms with van der Waals surface area (Å²) in [6, 6.07) is 6.06. The van der Waals surface area contributed by atoms with Crippen molar-refractivity contribution in [3.8, 4) is 16.9 Å². The van der Waals surface area contributed by atoms with Gasteiger partial charge in [-0.25, -0.2) is 13.6 Å². The van der Waals surface area contributed by atoms with E-state index in [1.807, 2.05) is 0 Å². The van der Waals surface area contributed by atoms with Crippen LogP contribution >= 0.6 is 0 Å². The average Bonchev–Trinajstić information content (AvgIpc) is 2.39. The number of benzene rings is 2. The molecule has 3 nitrogen and oxygen atoms in total. The average molecular weight is 318 g/mol. The van der Waals surface area contributed by atoms with E-state index >= 15 is 0 Å². The molecule has 0 spiro atoms. The molecule has 2 aromatic rings. The standard InChI is InChI=1S/C14H7F5O3/c15-11-9(4-5-10(12(11)16)13(20)21)7-2-1-3-8(6-7)22-14(17,18)19/h1-6H,(H,20,21). The highest BCUT2D eigenvalue weighted by Gasteiger charge is 2.31. The highest BCUT2D eigenvalue weighted by Crippen LogP contribution is 2.31. The van der Waals surface area contributed by atoms with Gasteiger partial charge < -0.3 is 9.84 Å². The molecule has 2 rings (SSSR count). The minimum atomic E-state index is -4.92. The van der Waals surface area contributed by atoms with Crippen LogP contribution in [0.3, 0.4) is 0 Å². The molecular formula is C14H7F5O3. The SMILES string of the molecule is O=C(O)c1ccc(-c2cccc(OC(F)(F)F)c2)c(F)c1F. The first-order valence-corrected chi connectivity index (χ1v) is 5.76. The van der Waals surface area contributed by atoms with Gasteiger partial charge in [0.1, 0.15) is 5.75 Å². The molecule has 0 aliphatic heterocycles. The molecule has 0 aliphatic carbocycles. The van der Waals surface area contributed by atoms with Crippen LogP contribution in [0.4, 0.5) is 22.0 Å².